The average molecular weight is 292 g/mol. The van der Waals surface area contributed by atoms with Gasteiger partial charge in [0.1, 0.15) is 0 Å². The number of likely N-dealkylation sites (tertiary alicyclic amines) is 1. The molecule has 2 heterocycles. The highest BCUT2D eigenvalue weighted by Gasteiger charge is 2.32. The van der Waals surface area contributed by atoms with Gasteiger partial charge in [-0.05, 0) is 46.1 Å². The number of aromatic nitrogens is 3. The smallest absolute Gasteiger partial charge is 0.306 e. The number of hydrogen-bond acceptors (Lipinski definition) is 4. The zero-order valence-electron chi connectivity index (χ0n) is 12.8. The maximum absolute atomic E-state index is 11.3. The molecule has 116 valence electrons. The van der Waals surface area contributed by atoms with E-state index in [1.807, 2.05) is 4.68 Å². The van der Waals surface area contributed by atoms with E-state index >= 15 is 0 Å². The zero-order chi connectivity index (χ0) is 15.0. The molecule has 2 aliphatic rings. The van der Waals surface area contributed by atoms with Crippen LogP contribution >= 0.6 is 0 Å². The molecule has 1 fully saturated rings. The van der Waals surface area contributed by atoms with Crippen LogP contribution in [0.2, 0.25) is 0 Å². The molecule has 0 spiro atoms. The first-order chi connectivity index (χ1) is 10.1. The maximum Gasteiger partial charge on any atom is 0.306 e. The van der Waals surface area contributed by atoms with E-state index in [1.54, 1.807) is 0 Å². The summed E-state index contributed by atoms with van der Waals surface area (Å²) in [4.78, 5) is 13.7. The second kappa shape index (κ2) is 5.75. The normalized spacial score (nSPS) is 26.8. The number of carboxylic acid groups (broad SMARTS) is 1. The lowest BCUT2D eigenvalue weighted by atomic mass is 9.89. The Morgan fingerprint density at radius 1 is 1.38 bits per heavy atom. The van der Waals surface area contributed by atoms with Crippen LogP contribution in [0.25, 0.3) is 0 Å². The van der Waals surface area contributed by atoms with Gasteiger partial charge in [-0.15, -0.1) is 5.10 Å². The van der Waals surface area contributed by atoms with Crippen LogP contribution in [-0.4, -0.2) is 50.1 Å². The monoisotopic (exact) mass is 292 g/mol. The minimum atomic E-state index is -0.694. The topological polar surface area (TPSA) is 71.2 Å². The first-order valence-corrected chi connectivity index (χ1v) is 7.96. The van der Waals surface area contributed by atoms with Gasteiger partial charge in [-0.1, -0.05) is 5.21 Å². The molecular weight excluding hydrogens is 268 g/mol. The van der Waals surface area contributed by atoms with Crippen molar-refractivity contribution in [2.75, 3.05) is 13.1 Å². The van der Waals surface area contributed by atoms with Gasteiger partial charge >= 0.3 is 5.97 Å². The number of carbonyl (C=O) groups is 1. The standard InChI is InChI=1S/C15H24N4O2/c1-10(2)18-7-3-4-12(9-18)19-14-8-11(15(20)21)5-6-13(14)16-17-19/h10-12H,3-9H2,1-2H3,(H,20,21)/t11-,12+/m1/s1. The van der Waals surface area contributed by atoms with Crippen LogP contribution in [0, 0.1) is 5.92 Å². The van der Waals surface area contributed by atoms with E-state index in [1.165, 1.54) is 6.42 Å². The summed E-state index contributed by atoms with van der Waals surface area (Å²) in [5.41, 5.74) is 2.07. The Bertz CT molecular complexity index is 526. The van der Waals surface area contributed by atoms with E-state index < -0.39 is 5.97 Å². The van der Waals surface area contributed by atoms with Gasteiger partial charge in [0, 0.05) is 19.0 Å². The first kappa shape index (κ1) is 14.5. The summed E-state index contributed by atoms with van der Waals surface area (Å²) < 4.78 is 2.03. The Labute approximate surface area is 125 Å². The number of nitrogens with zero attached hydrogens (tertiary/aromatic N) is 4. The lowest BCUT2D eigenvalue weighted by molar-refractivity contribution is -0.142. The molecule has 1 N–H and O–H groups in total. The summed E-state index contributed by atoms with van der Waals surface area (Å²) in [5, 5.41) is 17.9. The molecule has 1 aliphatic heterocycles. The number of fused-ring (bicyclic) bond motifs is 1. The first-order valence-electron chi connectivity index (χ1n) is 7.96. The highest BCUT2D eigenvalue weighted by Crippen LogP contribution is 2.29. The molecule has 2 atom stereocenters. The summed E-state index contributed by atoms with van der Waals surface area (Å²) >= 11 is 0. The molecule has 1 aromatic heterocycles. The molecule has 0 radical (unpaired) electrons. The fraction of sp³-hybridized carbons (Fsp3) is 0.800. The van der Waals surface area contributed by atoms with Crippen LogP contribution in [-0.2, 0) is 17.6 Å². The Morgan fingerprint density at radius 2 is 2.19 bits per heavy atom. The molecule has 3 rings (SSSR count). The molecule has 1 saturated heterocycles. The fourth-order valence-corrected chi connectivity index (χ4v) is 3.55. The Morgan fingerprint density at radius 3 is 2.90 bits per heavy atom. The number of aryl methyl sites for hydroxylation is 1. The second-order valence-electron chi connectivity index (χ2n) is 6.59. The van der Waals surface area contributed by atoms with Gasteiger partial charge in [0.15, 0.2) is 0 Å². The third-order valence-electron chi connectivity index (χ3n) is 4.89. The average Bonchev–Trinajstić information content (AvgIpc) is 2.90. The van der Waals surface area contributed by atoms with Crippen molar-refractivity contribution in [1.82, 2.24) is 19.9 Å². The van der Waals surface area contributed by atoms with Crippen LogP contribution in [0.3, 0.4) is 0 Å². The van der Waals surface area contributed by atoms with E-state index in [2.05, 4.69) is 29.1 Å². The SMILES string of the molecule is CC(C)N1CCC[C@H](n2nnc3c2C[C@H](C(=O)O)CC3)C1. The quantitative estimate of drug-likeness (QED) is 0.914. The van der Waals surface area contributed by atoms with Crippen molar-refractivity contribution >= 4 is 5.97 Å². The minimum absolute atomic E-state index is 0.278. The largest absolute Gasteiger partial charge is 0.481 e. The number of rotatable bonds is 3. The molecule has 21 heavy (non-hydrogen) atoms. The molecule has 0 saturated carbocycles. The summed E-state index contributed by atoms with van der Waals surface area (Å²) in [6, 6.07) is 0.879. The minimum Gasteiger partial charge on any atom is -0.481 e. The van der Waals surface area contributed by atoms with Crippen LogP contribution in [0.1, 0.15) is 50.5 Å². The third kappa shape index (κ3) is 2.81. The van der Waals surface area contributed by atoms with Crippen molar-refractivity contribution in [3.63, 3.8) is 0 Å². The predicted molar refractivity (Wildman–Crippen MR) is 78.2 cm³/mol. The number of aliphatic carboxylic acids is 1. The number of piperidine rings is 1. The van der Waals surface area contributed by atoms with Crippen LogP contribution in [0.5, 0.6) is 0 Å². The van der Waals surface area contributed by atoms with Crippen molar-refractivity contribution in [3.8, 4) is 0 Å². The maximum atomic E-state index is 11.3. The molecule has 0 unspecified atom stereocenters. The summed E-state index contributed by atoms with van der Waals surface area (Å²) in [7, 11) is 0. The van der Waals surface area contributed by atoms with E-state index in [0.717, 1.165) is 37.3 Å². The molecule has 0 amide bonds. The summed E-state index contributed by atoms with van der Waals surface area (Å²) in [6.07, 6.45) is 4.28. The van der Waals surface area contributed by atoms with Crippen molar-refractivity contribution < 1.29 is 9.90 Å². The van der Waals surface area contributed by atoms with E-state index in [4.69, 9.17) is 0 Å². The van der Waals surface area contributed by atoms with Gasteiger partial charge in [-0.25, -0.2) is 4.68 Å². The van der Waals surface area contributed by atoms with Crippen molar-refractivity contribution in [3.05, 3.63) is 11.4 Å². The van der Waals surface area contributed by atoms with Crippen LogP contribution in [0.4, 0.5) is 0 Å². The lowest BCUT2D eigenvalue weighted by Gasteiger charge is -2.36. The van der Waals surface area contributed by atoms with Gasteiger partial charge in [0.05, 0.1) is 23.3 Å². The highest BCUT2D eigenvalue weighted by atomic mass is 16.4. The fourth-order valence-electron chi connectivity index (χ4n) is 3.55. The van der Waals surface area contributed by atoms with Gasteiger partial charge in [0.2, 0.25) is 0 Å². The van der Waals surface area contributed by atoms with Gasteiger partial charge in [-0.2, -0.15) is 0 Å². The van der Waals surface area contributed by atoms with Crippen molar-refractivity contribution in [2.45, 2.75) is 58.0 Å². The summed E-state index contributed by atoms with van der Waals surface area (Å²) in [5.74, 6) is -0.972. The van der Waals surface area contributed by atoms with Crippen molar-refractivity contribution in [2.24, 2.45) is 5.92 Å². The molecule has 1 aromatic rings. The van der Waals surface area contributed by atoms with E-state index in [0.29, 0.717) is 24.9 Å². The van der Waals surface area contributed by atoms with Gasteiger partial charge < -0.3 is 5.11 Å². The second-order valence-corrected chi connectivity index (χ2v) is 6.59. The van der Waals surface area contributed by atoms with Crippen molar-refractivity contribution in [1.29, 1.82) is 0 Å². The number of carboxylic acids is 1. The summed E-state index contributed by atoms with van der Waals surface area (Å²) in [6.45, 7) is 6.58. The highest BCUT2D eigenvalue weighted by molar-refractivity contribution is 5.70. The molecule has 0 bridgehead atoms. The van der Waals surface area contributed by atoms with Crippen LogP contribution in [0.15, 0.2) is 0 Å². The van der Waals surface area contributed by atoms with Gasteiger partial charge in [-0.3, -0.25) is 9.69 Å². The Kier molecular flexibility index (Phi) is 3.97. The van der Waals surface area contributed by atoms with Crippen LogP contribution < -0.4 is 0 Å². The zero-order valence-corrected chi connectivity index (χ0v) is 12.8. The molecule has 6 heteroatoms. The molecular formula is C15H24N4O2. The molecule has 0 aromatic carbocycles. The van der Waals surface area contributed by atoms with E-state index in [-0.39, 0.29) is 5.92 Å². The predicted octanol–water partition coefficient (Wildman–Crippen LogP) is 1.51. The van der Waals surface area contributed by atoms with E-state index in [9.17, 15) is 9.90 Å². The number of hydrogen-bond donors (Lipinski definition) is 1. The molecule has 6 nitrogen and oxygen atoms in total. The Balaban J connectivity index is 1.81. The lowest BCUT2D eigenvalue weighted by Crippen LogP contribution is -2.41. The Hall–Kier alpha value is -1.43. The molecule has 1 aliphatic carbocycles. The third-order valence-corrected chi connectivity index (χ3v) is 4.89. The van der Waals surface area contributed by atoms with Gasteiger partial charge in [0.25, 0.3) is 0 Å².